The standard InChI is InChI=1S/C20H34O3SSi/c1-16(15-24(21,22)19-12-10-9-11-13-19)14-17(2)18(3)23-25(7,8)20(4,5)6/h9-14,16,18H,15H2,1-8H3/b17-14+/t16-,18+/m1/s1. The van der Waals surface area contributed by atoms with E-state index in [-0.39, 0.29) is 22.8 Å². The molecule has 0 aliphatic rings. The molecule has 0 saturated heterocycles. The SMILES string of the molecule is C/C(=C\[C@@H](C)CS(=O)(=O)c1ccccc1)[C@H](C)O[Si](C)(C)C(C)(C)C. The molecule has 0 amide bonds. The molecule has 2 atom stereocenters. The Hall–Kier alpha value is -0.913. The lowest BCUT2D eigenvalue weighted by Crippen LogP contribution is -2.43. The smallest absolute Gasteiger partial charge is 0.192 e. The largest absolute Gasteiger partial charge is 0.411 e. The third-order valence-electron chi connectivity index (χ3n) is 5.05. The maximum absolute atomic E-state index is 12.5. The monoisotopic (exact) mass is 382 g/mol. The van der Waals surface area contributed by atoms with Gasteiger partial charge in [0.1, 0.15) is 0 Å². The molecule has 1 aromatic rings. The van der Waals surface area contributed by atoms with Crippen molar-refractivity contribution < 1.29 is 12.8 Å². The lowest BCUT2D eigenvalue weighted by molar-refractivity contribution is 0.231. The third-order valence-corrected chi connectivity index (χ3v) is 11.6. The predicted octanol–water partition coefficient (Wildman–Crippen LogP) is 5.45. The molecule has 0 aromatic heterocycles. The van der Waals surface area contributed by atoms with Crippen molar-refractivity contribution in [2.24, 2.45) is 5.92 Å². The molecule has 0 bridgehead atoms. The Bertz CT molecular complexity index is 685. The van der Waals surface area contributed by atoms with Crippen LogP contribution >= 0.6 is 0 Å². The number of benzene rings is 1. The normalized spacial score (nSPS) is 16.6. The number of rotatable bonds is 7. The van der Waals surface area contributed by atoms with E-state index in [0.717, 1.165) is 5.57 Å². The molecule has 0 N–H and O–H groups in total. The van der Waals surface area contributed by atoms with Crippen LogP contribution in [0.2, 0.25) is 18.1 Å². The zero-order valence-corrected chi connectivity index (χ0v) is 18.8. The van der Waals surface area contributed by atoms with Crippen molar-refractivity contribution in [3.8, 4) is 0 Å². The van der Waals surface area contributed by atoms with Gasteiger partial charge in [-0.2, -0.15) is 0 Å². The first kappa shape index (κ1) is 22.1. The summed E-state index contributed by atoms with van der Waals surface area (Å²) in [6.07, 6.45) is 2.04. The van der Waals surface area contributed by atoms with E-state index in [0.29, 0.717) is 4.90 Å². The maximum atomic E-state index is 12.5. The molecule has 0 radical (unpaired) electrons. The van der Waals surface area contributed by atoms with E-state index in [1.165, 1.54) is 0 Å². The van der Waals surface area contributed by atoms with Gasteiger partial charge in [0.15, 0.2) is 18.2 Å². The van der Waals surface area contributed by atoms with E-state index in [4.69, 9.17) is 4.43 Å². The molecule has 0 aliphatic carbocycles. The summed E-state index contributed by atoms with van der Waals surface area (Å²) in [5, 5.41) is 0.157. The molecular weight excluding hydrogens is 348 g/mol. The summed E-state index contributed by atoms with van der Waals surface area (Å²) in [5.41, 5.74) is 1.10. The van der Waals surface area contributed by atoms with Gasteiger partial charge in [0, 0.05) is 0 Å². The van der Waals surface area contributed by atoms with Crippen molar-refractivity contribution in [3.63, 3.8) is 0 Å². The fourth-order valence-electron chi connectivity index (χ4n) is 2.41. The number of allylic oxidation sites excluding steroid dienone is 1. The highest BCUT2D eigenvalue weighted by atomic mass is 32.2. The minimum Gasteiger partial charge on any atom is -0.411 e. The summed E-state index contributed by atoms with van der Waals surface area (Å²) in [6.45, 7) is 17.2. The highest BCUT2D eigenvalue weighted by Crippen LogP contribution is 2.38. The molecule has 0 fully saturated rings. The van der Waals surface area contributed by atoms with E-state index in [1.54, 1.807) is 24.3 Å². The predicted molar refractivity (Wildman–Crippen MR) is 109 cm³/mol. The fraction of sp³-hybridized carbons (Fsp3) is 0.600. The van der Waals surface area contributed by atoms with E-state index in [1.807, 2.05) is 26.0 Å². The number of hydrogen-bond acceptors (Lipinski definition) is 3. The second-order valence-corrected chi connectivity index (χ2v) is 15.3. The molecule has 0 heterocycles. The topological polar surface area (TPSA) is 43.4 Å². The molecule has 5 heteroatoms. The first-order valence-corrected chi connectivity index (χ1v) is 13.5. The van der Waals surface area contributed by atoms with Gasteiger partial charge in [-0.25, -0.2) is 8.42 Å². The molecule has 0 aliphatic heterocycles. The highest BCUT2D eigenvalue weighted by Gasteiger charge is 2.38. The van der Waals surface area contributed by atoms with Crippen LogP contribution in [0.25, 0.3) is 0 Å². The van der Waals surface area contributed by atoms with Crippen molar-refractivity contribution in [1.82, 2.24) is 0 Å². The van der Waals surface area contributed by atoms with Gasteiger partial charge >= 0.3 is 0 Å². The van der Waals surface area contributed by atoms with Crippen molar-refractivity contribution in [1.29, 1.82) is 0 Å². The van der Waals surface area contributed by atoms with Crippen LogP contribution in [0.3, 0.4) is 0 Å². The minimum absolute atomic E-state index is 0.00257. The average Bonchev–Trinajstić information content (AvgIpc) is 2.45. The Morgan fingerprint density at radius 2 is 1.68 bits per heavy atom. The summed E-state index contributed by atoms with van der Waals surface area (Å²) in [6, 6.07) is 8.65. The molecule has 1 rings (SSSR count). The van der Waals surface area contributed by atoms with E-state index in [2.05, 4.69) is 40.8 Å². The van der Waals surface area contributed by atoms with Gasteiger partial charge in [-0.1, -0.05) is 52.0 Å². The van der Waals surface area contributed by atoms with Crippen LogP contribution < -0.4 is 0 Å². The van der Waals surface area contributed by atoms with Crippen molar-refractivity contribution in [3.05, 3.63) is 42.0 Å². The van der Waals surface area contributed by atoms with Gasteiger partial charge in [0.25, 0.3) is 0 Å². The van der Waals surface area contributed by atoms with E-state index >= 15 is 0 Å². The lowest BCUT2D eigenvalue weighted by Gasteiger charge is -2.38. The van der Waals surface area contributed by atoms with Crippen LogP contribution in [0.15, 0.2) is 46.9 Å². The van der Waals surface area contributed by atoms with Crippen molar-refractivity contribution in [2.45, 2.75) is 70.7 Å². The molecule has 0 spiro atoms. The van der Waals surface area contributed by atoms with Gasteiger partial charge < -0.3 is 4.43 Å². The minimum atomic E-state index is -3.27. The summed E-state index contributed by atoms with van der Waals surface area (Å²) in [4.78, 5) is 0.387. The van der Waals surface area contributed by atoms with E-state index in [9.17, 15) is 8.42 Å². The first-order valence-electron chi connectivity index (χ1n) is 8.90. The third kappa shape index (κ3) is 6.39. The molecule has 25 heavy (non-hydrogen) atoms. The Morgan fingerprint density at radius 1 is 1.16 bits per heavy atom. The molecular formula is C20H34O3SSi. The van der Waals surface area contributed by atoms with Gasteiger partial charge in [-0.05, 0) is 55.6 Å². The zero-order valence-electron chi connectivity index (χ0n) is 17.0. The zero-order chi connectivity index (χ0) is 19.5. The number of hydrogen-bond donors (Lipinski definition) is 0. The Balaban J connectivity index is 2.81. The van der Waals surface area contributed by atoms with Crippen LogP contribution in [-0.4, -0.2) is 28.6 Å². The van der Waals surface area contributed by atoms with Crippen LogP contribution in [-0.2, 0) is 14.3 Å². The molecule has 0 unspecified atom stereocenters. The molecule has 3 nitrogen and oxygen atoms in total. The second kappa shape index (κ2) is 8.19. The highest BCUT2D eigenvalue weighted by molar-refractivity contribution is 7.91. The van der Waals surface area contributed by atoms with Crippen LogP contribution in [0, 0.1) is 5.92 Å². The molecule has 0 saturated carbocycles. The van der Waals surface area contributed by atoms with Gasteiger partial charge in [0.05, 0.1) is 16.8 Å². The second-order valence-electron chi connectivity index (χ2n) is 8.50. The van der Waals surface area contributed by atoms with Gasteiger partial charge in [0.2, 0.25) is 0 Å². The summed E-state index contributed by atoms with van der Waals surface area (Å²) >= 11 is 0. The quantitative estimate of drug-likeness (QED) is 0.465. The van der Waals surface area contributed by atoms with Crippen molar-refractivity contribution >= 4 is 18.2 Å². The summed E-state index contributed by atoms with van der Waals surface area (Å²) < 4.78 is 31.4. The van der Waals surface area contributed by atoms with E-state index < -0.39 is 18.2 Å². The average molecular weight is 383 g/mol. The van der Waals surface area contributed by atoms with Crippen LogP contribution in [0.4, 0.5) is 0 Å². The first-order chi connectivity index (χ1) is 11.3. The van der Waals surface area contributed by atoms with Gasteiger partial charge in [-0.3, -0.25) is 0 Å². The lowest BCUT2D eigenvalue weighted by atomic mass is 10.1. The summed E-state index contributed by atoms with van der Waals surface area (Å²) in [5.74, 6) is 0.0527. The van der Waals surface area contributed by atoms with Crippen LogP contribution in [0.1, 0.15) is 41.5 Å². The Kier molecular flexibility index (Phi) is 7.25. The van der Waals surface area contributed by atoms with Crippen molar-refractivity contribution in [2.75, 3.05) is 5.75 Å². The number of sulfone groups is 1. The summed E-state index contributed by atoms with van der Waals surface area (Å²) in [7, 11) is -5.11. The molecule has 1 aromatic carbocycles. The fourth-order valence-corrected chi connectivity index (χ4v) is 5.39. The molecule has 142 valence electrons. The Labute approximate surface area is 155 Å². The van der Waals surface area contributed by atoms with Gasteiger partial charge in [-0.15, -0.1) is 0 Å². The Morgan fingerprint density at radius 3 is 2.16 bits per heavy atom. The maximum Gasteiger partial charge on any atom is 0.192 e. The van der Waals surface area contributed by atoms with Crippen LogP contribution in [0.5, 0.6) is 0 Å².